The van der Waals surface area contributed by atoms with E-state index in [4.69, 9.17) is 4.74 Å². The Hall–Kier alpha value is -4.63. The van der Waals surface area contributed by atoms with Gasteiger partial charge >= 0.3 is 0 Å². The van der Waals surface area contributed by atoms with Crippen LogP contribution in [0, 0.1) is 13.8 Å². The van der Waals surface area contributed by atoms with E-state index in [1.165, 1.54) is 4.90 Å². The Kier molecular flexibility index (Phi) is 11.5. The van der Waals surface area contributed by atoms with Crippen molar-refractivity contribution in [3.8, 4) is 5.75 Å². The first-order valence-corrected chi connectivity index (χ1v) is 18.0. The van der Waals surface area contributed by atoms with Crippen LogP contribution in [0.15, 0.2) is 108 Å². The number of nitrogens with one attached hydrogen (secondary N) is 1. The Bertz CT molecular complexity index is 1770. The fraction of sp³-hybridized carbons (Fsp3) is 0.333. The monoisotopic (exact) mass is 667 g/mol. The molecule has 1 atom stereocenters. The molecule has 2 amide bonds. The molecule has 4 aromatic carbocycles. The van der Waals surface area contributed by atoms with Crippen LogP contribution in [-0.2, 0) is 32.6 Å². The molecule has 1 aliphatic carbocycles. The number of amides is 2. The van der Waals surface area contributed by atoms with Crippen molar-refractivity contribution in [2.24, 2.45) is 0 Å². The number of hydrogen-bond acceptors (Lipinski definition) is 5. The Morgan fingerprint density at radius 2 is 1.44 bits per heavy atom. The Morgan fingerprint density at radius 1 is 0.812 bits per heavy atom. The minimum Gasteiger partial charge on any atom is -0.497 e. The third-order valence-corrected chi connectivity index (χ3v) is 10.7. The molecule has 1 aliphatic rings. The number of benzene rings is 4. The second-order valence-electron chi connectivity index (χ2n) is 12.6. The highest BCUT2D eigenvalue weighted by Crippen LogP contribution is 2.27. The van der Waals surface area contributed by atoms with Gasteiger partial charge in [0.2, 0.25) is 11.8 Å². The number of anilines is 1. The minimum atomic E-state index is -4.16. The lowest BCUT2D eigenvalue weighted by molar-refractivity contribution is -0.140. The predicted molar refractivity (Wildman–Crippen MR) is 189 cm³/mol. The molecule has 0 radical (unpaired) electrons. The van der Waals surface area contributed by atoms with Crippen LogP contribution in [0.2, 0.25) is 0 Å². The molecule has 1 N–H and O–H groups in total. The summed E-state index contributed by atoms with van der Waals surface area (Å²) < 4.78 is 35.1. The molecule has 0 aliphatic heterocycles. The zero-order chi connectivity index (χ0) is 34.1. The number of carbonyl (C=O) groups excluding carboxylic acids is 2. The fourth-order valence-corrected chi connectivity index (χ4v) is 7.56. The van der Waals surface area contributed by atoms with Gasteiger partial charge in [-0.05, 0) is 74.2 Å². The highest BCUT2D eigenvalue weighted by atomic mass is 32.2. The van der Waals surface area contributed by atoms with E-state index in [9.17, 15) is 18.0 Å². The maximum absolute atomic E-state index is 14.7. The SMILES string of the molecule is COc1cccc(CN(C(=O)CN(c2ccc(C)cc2)S(=O)(=O)c2ccc(C)cc2)[C@H](Cc2ccccc2)C(=O)NC2CCCCC2)c1. The molecule has 0 heterocycles. The smallest absolute Gasteiger partial charge is 0.264 e. The number of aryl methyl sites for hydroxylation is 2. The molecule has 1 saturated carbocycles. The number of ether oxygens (including phenoxy) is 1. The van der Waals surface area contributed by atoms with E-state index in [-0.39, 0.29) is 29.8 Å². The van der Waals surface area contributed by atoms with Crippen molar-refractivity contribution in [2.45, 2.75) is 75.9 Å². The van der Waals surface area contributed by atoms with Crippen LogP contribution in [0.3, 0.4) is 0 Å². The molecule has 48 heavy (non-hydrogen) atoms. The average Bonchev–Trinajstić information content (AvgIpc) is 3.10. The van der Waals surface area contributed by atoms with Crippen molar-refractivity contribution >= 4 is 27.5 Å². The van der Waals surface area contributed by atoms with E-state index in [1.807, 2.05) is 80.6 Å². The summed E-state index contributed by atoms with van der Waals surface area (Å²) in [4.78, 5) is 30.6. The van der Waals surface area contributed by atoms with Gasteiger partial charge in [0.05, 0.1) is 17.7 Å². The van der Waals surface area contributed by atoms with E-state index in [2.05, 4.69) is 5.32 Å². The molecule has 0 saturated heterocycles. The lowest BCUT2D eigenvalue weighted by Crippen LogP contribution is -2.55. The summed E-state index contributed by atoms with van der Waals surface area (Å²) in [5.74, 6) is -0.117. The molecule has 0 spiro atoms. The minimum absolute atomic E-state index is 0.0317. The number of rotatable bonds is 13. The van der Waals surface area contributed by atoms with E-state index in [1.54, 1.807) is 43.5 Å². The van der Waals surface area contributed by atoms with Gasteiger partial charge in [-0.25, -0.2) is 8.42 Å². The van der Waals surface area contributed by atoms with Gasteiger partial charge in [-0.1, -0.05) is 97.1 Å². The van der Waals surface area contributed by atoms with Crippen LogP contribution in [0.4, 0.5) is 5.69 Å². The molecule has 4 aromatic rings. The number of carbonyl (C=O) groups is 2. The molecular formula is C39H45N3O5S. The molecule has 252 valence electrons. The molecule has 9 heteroatoms. The molecular weight excluding hydrogens is 623 g/mol. The summed E-state index contributed by atoms with van der Waals surface area (Å²) >= 11 is 0. The van der Waals surface area contributed by atoms with Gasteiger partial charge in [0, 0.05) is 19.0 Å². The third kappa shape index (κ3) is 8.83. The Morgan fingerprint density at radius 3 is 2.08 bits per heavy atom. The molecule has 0 aromatic heterocycles. The fourth-order valence-electron chi connectivity index (χ4n) is 6.14. The molecule has 1 fully saturated rings. The number of methoxy groups -OCH3 is 1. The zero-order valence-electron chi connectivity index (χ0n) is 28.0. The van der Waals surface area contributed by atoms with Crippen molar-refractivity contribution in [3.05, 3.63) is 125 Å². The van der Waals surface area contributed by atoms with Crippen LogP contribution in [0.1, 0.15) is 54.4 Å². The molecule has 0 unspecified atom stereocenters. The van der Waals surface area contributed by atoms with Crippen molar-refractivity contribution in [2.75, 3.05) is 18.0 Å². The summed E-state index contributed by atoms with van der Waals surface area (Å²) in [6, 6.07) is 29.8. The van der Waals surface area contributed by atoms with Gasteiger partial charge in [-0.2, -0.15) is 0 Å². The van der Waals surface area contributed by atoms with Crippen molar-refractivity contribution in [1.29, 1.82) is 0 Å². The molecule has 8 nitrogen and oxygen atoms in total. The Balaban J connectivity index is 1.57. The maximum Gasteiger partial charge on any atom is 0.264 e. The number of hydrogen-bond donors (Lipinski definition) is 1. The van der Waals surface area contributed by atoms with Gasteiger partial charge in [-0.15, -0.1) is 0 Å². The van der Waals surface area contributed by atoms with Gasteiger partial charge < -0.3 is 15.0 Å². The summed E-state index contributed by atoms with van der Waals surface area (Å²) in [5.41, 5.74) is 3.90. The van der Waals surface area contributed by atoms with Crippen LogP contribution < -0.4 is 14.4 Å². The number of nitrogens with zero attached hydrogens (tertiary/aromatic N) is 2. The predicted octanol–water partition coefficient (Wildman–Crippen LogP) is 6.60. The first-order valence-electron chi connectivity index (χ1n) is 16.6. The topological polar surface area (TPSA) is 96.0 Å². The van der Waals surface area contributed by atoms with Crippen molar-refractivity contribution in [1.82, 2.24) is 10.2 Å². The standard InChI is InChI=1S/C39H45N3O5S/c1-29-17-21-34(22-18-29)42(48(45,46)36-23-19-30(2)20-24-36)28-38(43)41(27-32-13-10-16-35(25-32)47-3)37(26-31-11-6-4-7-12-31)39(44)40-33-14-8-5-9-15-33/h4,6-7,10-13,16-25,33,37H,5,8-9,14-15,26-28H2,1-3H3,(H,40,44)/t37-/m1/s1. The summed E-state index contributed by atoms with van der Waals surface area (Å²) in [6.45, 7) is 3.39. The van der Waals surface area contributed by atoms with Crippen molar-refractivity contribution < 1.29 is 22.7 Å². The Labute approximate surface area is 284 Å². The average molecular weight is 668 g/mol. The van der Waals surface area contributed by atoms with E-state index in [0.29, 0.717) is 11.4 Å². The summed E-state index contributed by atoms with van der Waals surface area (Å²) in [7, 11) is -2.58. The van der Waals surface area contributed by atoms with E-state index < -0.39 is 28.5 Å². The number of sulfonamides is 1. The van der Waals surface area contributed by atoms with Crippen LogP contribution in [-0.4, -0.2) is 50.9 Å². The second kappa shape index (κ2) is 16.0. The quantitative estimate of drug-likeness (QED) is 0.174. The van der Waals surface area contributed by atoms with Gasteiger partial charge in [0.25, 0.3) is 10.0 Å². The normalized spacial score (nSPS) is 14.1. The van der Waals surface area contributed by atoms with E-state index >= 15 is 0 Å². The van der Waals surface area contributed by atoms with Gasteiger partial charge in [-0.3, -0.25) is 13.9 Å². The highest BCUT2D eigenvalue weighted by Gasteiger charge is 2.35. The summed E-state index contributed by atoms with van der Waals surface area (Å²) in [5, 5.41) is 3.25. The second-order valence-corrected chi connectivity index (χ2v) is 14.4. The maximum atomic E-state index is 14.7. The van der Waals surface area contributed by atoms with E-state index in [0.717, 1.165) is 58.7 Å². The lowest BCUT2D eigenvalue weighted by atomic mass is 9.94. The third-order valence-electron chi connectivity index (χ3n) is 8.92. The van der Waals surface area contributed by atoms with Gasteiger partial charge in [0.15, 0.2) is 0 Å². The first kappa shape index (κ1) is 34.7. The zero-order valence-corrected chi connectivity index (χ0v) is 28.8. The lowest BCUT2D eigenvalue weighted by Gasteiger charge is -2.35. The summed E-state index contributed by atoms with van der Waals surface area (Å²) in [6.07, 6.45) is 5.29. The van der Waals surface area contributed by atoms with Crippen LogP contribution >= 0.6 is 0 Å². The highest BCUT2D eigenvalue weighted by molar-refractivity contribution is 7.92. The molecule has 5 rings (SSSR count). The van der Waals surface area contributed by atoms with Crippen LogP contribution in [0.25, 0.3) is 0 Å². The molecule has 0 bridgehead atoms. The largest absolute Gasteiger partial charge is 0.497 e. The van der Waals surface area contributed by atoms with Crippen molar-refractivity contribution in [3.63, 3.8) is 0 Å². The van der Waals surface area contributed by atoms with Crippen LogP contribution in [0.5, 0.6) is 5.75 Å². The first-order chi connectivity index (χ1) is 23.1. The van der Waals surface area contributed by atoms with Gasteiger partial charge in [0.1, 0.15) is 18.3 Å².